The summed E-state index contributed by atoms with van der Waals surface area (Å²) in [5, 5.41) is 0. The summed E-state index contributed by atoms with van der Waals surface area (Å²) in [5.74, 6) is 1.43. The van der Waals surface area contributed by atoms with Crippen LogP contribution in [0.3, 0.4) is 0 Å². The topological polar surface area (TPSA) is 29.5 Å². The van der Waals surface area contributed by atoms with E-state index < -0.39 is 0 Å². The highest BCUT2D eigenvalue weighted by Gasteiger charge is 2.43. The van der Waals surface area contributed by atoms with E-state index in [-0.39, 0.29) is 5.97 Å². The maximum Gasteiger partial charge on any atom is 0.337 e. The van der Waals surface area contributed by atoms with E-state index in [0.29, 0.717) is 23.3 Å². The monoisotopic (exact) mass is 363 g/mol. The molecular weight excluding hydrogens is 334 g/mol. The van der Waals surface area contributed by atoms with Crippen LogP contribution >= 0.6 is 0 Å². The van der Waals surface area contributed by atoms with Gasteiger partial charge in [0.25, 0.3) is 0 Å². The Morgan fingerprint density at radius 3 is 2.56 bits per heavy atom. The van der Waals surface area contributed by atoms with Gasteiger partial charge in [-0.2, -0.15) is 0 Å². The molecule has 0 amide bonds. The Labute approximate surface area is 162 Å². The first kappa shape index (κ1) is 18.2. The van der Waals surface area contributed by atoms with Crippen molar-refractivity contribution in [3.05, 3.63) is 70.3 Å². The molecule has 0 spiro atoms. The summed E-state index contributed by atoms with van der Waals surface area (Å²) >= 11 is 0. The van der Waals surface area contributed by atoms with Crippen LogP contribution < -0.4 is 0 Å². The first-order valence-corrected chi connectivity index (χ1v) is 10.2. The zero-order chi connectivity index (χ0) is 19.0. The molecule has 0 N–H and O–H groups in total. The molecule has 2 aliphatic rings. The number of benzene rings is 2. The molecule has 0 saturated carbocycles. The Bertz CT molecular complexity index is 827. The maximum atomic E-state index is 11.8. The van der Waals surface area contributed by atoms with E-state index in [0.717, 1.165) is 19.5 Å². The van der Waals surface area contributed by atoms with Gasteiger partial charge in [-0.25, -0.2) is 4.79 Å². The number of methoxy groups -OCH3 is 1. The minimum Gasteiger partial charge on any atom is -0.465 e. The summed E-state index contributed by atoms with van der Waals surface area (Å²) in [6, 6.07) is 15.2. The van der Waals surface area contributed by atoms with Crippen LogP contribution in [0.4, 0.5) is 0 Å². The number of esters is 1. The fourth-order valence-electron chi connectivity index (χ4n) is 5.11. The number of carbonyl (C=O) groups is 1. The Kier molecular flexibility index (Phi) is 5.05. The molecular formula is C24H29NO2. The largest absolute Gasteiger partial charge is 0.465 e. The highest BCUT2D eigenvalue weighted by Crippen LogP contribution is 2.53. The highest BCUT2D eigenvalue weighted by atomic mass is 16.5. The lowest BCUT2D eigenvalue weighted by atomic mass is 9.78. The normalized spacial score (nSPS) is 24.3. The first-order valence-electron chi connectivity index (χ1n) is 10.2. The number of aryl methyl sites for hydroxylation is 1. The van der Waals surface area contributed by atoms with Crippen molar-refractivity contribution in [1.29, 1.82) is 0 Å². The van der Waals surface area contributed by atoms with Crippen molar-refractivity contribution in [3.63, 3.8) is 0 Å². The molecule has 3 heteroatoms. The van der Waals surface area contributed by atoms with E-state index in [2.05, 4.69) is 49.1 Å². The zero-order valence-electron chi connectivity index (χ0n) is 16.6. The SMILES string of the molecule is CCc1ccc2c(c1)[C@H](c1ccc(C(=O)OC)cc1)[C@H]1CCN(CC)C[C@@H]21. The van der Waals surface area contributed by atoms with Gasteiger partial charge in [0, 0.05) is 18.4 Å². The number of hydrogen-bond donors (Lipinski definition) is 0. The molecule has 1 saturated heterocycles. The van der Waals surface area contributed by atoms with Gasteiger partial charge >= 0.3 is 5.97 Å². The maximum absolute atomic E-state index is 11.8. The third-order valence-corrected chi connectivity index (χ3v) is 6.61. The van der Waals surface area contributed by atoms with Crippen LogP contribution in [-0.4, -0.2) is 37.6 Å². The molecule has 2 aromatic rings. The Morgan fingerprint density at radius 1 is 1.11 bits per heavy atom. The van der Waals surface area contributed by atoms with Crippen LogP contribution in [0.2, 0.25) is 0 Å². The van der Waals surface area contributed by atoms with E-state index in [9.17, 15) is 4.79 Å². The molecule has 0 aromatic heterocycles. The molecule has 1 heterocycles. The van der Waals surface area contributed by atoms with Crippen LogP contribution in [0.25, 0.3) is 0 Å². The van der Waals surface area contributed by atoms with Gasteiger partial charge in [-0.15, -0.1) is 0 Å². The summed E-state index contributed by atoms with van der Waals surface area (Å²) in [6.45, 7) is 7.96. The molecule has 1 aliphatic carbocycles. The summed E-state index contributed by atoms with van der Waals surface area (Å²) < 4.78 is 4.85. The molecule has 1 fully saturated rings. The lowest BCUT2D eigenvalue weighted by molar-refractivity contribution is 0.0600. The van der Waals surface area contributed by atoms with Crippen LogP contribution in [0, 0.1) is 5.92 Å². The van der Waals surface area contributed by atoms with Gasteiger partial charge in [0.2, 0.25) is 0 Å². The minimum atomic E-state index is -0.268. The molecule has 3 atom stereocenters. The Hall–Kier alpha value is -2.13. The van der Waals surface area contributed by atoms with E-state index in [1.165, 1.54) is 42.3 Å². The molecule has 27 heavy (non-hydrogen) atoms. The molecule has 142 valence electrons. The minimum absolute atomic E-state index is 0.268. The summed E-state index contributed by atoms with van der Waals surface area (Å²) in [6.07, 6.45) is 2.30. The number of likely N-dealkylation sites (N-methyl/N-ethyl adjacent to an activating group) is 1. The van der Waals surface area contributed by atoms with Crippen LogP contribution in [0.1, 0.15) is 64.7 Å². The van der Waals surface area contributed by atoms with Gasteiger partial charge in [0.05, 0.1) is 12.7 Å². The predicted octanol–water partition coefficient (Wildman–Crippen LogP) is 4.61. The fraction of sp³-hybridized carbons (Fsp3) is 0.458. The number of fused-ring (bicyclic) bond motifs is 3. The number of rotatable bonds is 4. The number of nitrogens with zero attached hydrogens (tertiary/aromatic N) is 1. The summed E-state index contributed by atoms with van der Waals surface area (Å²) in [7, 11) is 1.43. The van der Waals surface area contributed by atoms with Crippen molar-refractivity contribution in [2.24, 2.45) is 5.92 Å². The number of ether oxygens (including phenoxy) is 1. The van der Waals surface area contributed by atoms with Crippen LogP contribution in [-0.2, 0) is 11.2 Å². The van der Waals surface area contributed by atoms with Gasteiger partial charge < -0.3 is 9.64 Å². The molecule has 3 nitrogen and oxygen atoms in total. The van der Waals surface area contributed by atoms with E-state index in [1.54, 1.807) is 0 Å². The molecule has 4 rings (SSSR count). The van der Waals surface area contributed by atoms with E-state index >= 15 is 0 Å². The highest BCUT2D eigenvalue weighted by molar-refractivity contribution is 5.89. The van der Waals surface area contributed by atoms with Crippen molar-refractivity contribution >= 4 is 5.97 Å². The summed E-state index contributed by atoms with van der Waals surface area (Å²) in [4.78, 5) is 14.4. The first-order chi connectivity index (χ1) is 13.2. The van der Waals surface area contributed by atoms with Gasteiger partial charge in [0.1, 0.15) is 0 Å². The predicted molar refractivity (Wildman–Crippen MR) is 108 cm³/mol. The standard InChI is InChI=1S/C24H29NO2/c1-4-16-6-11-19-21(14-16)23(20-12-13-25(5-2)15-22(19)20)17-7-9-18(10-8-17)24(26)27-3/h6-11,14,20,22-23H,4-5,12-13,15H2,1-3H3/t20-,22-,23+/m0/s1. The molecule has 0 radical (unpaired) electrons. The quantitative estimate of drug-likeness (QED) is 0.743. The average molecular weight is 364 g/mol. The molecule has 1 aliphatic heterocycles. The molecule has 0 bridgehead atoms. The summed E-state index contributed by atoms with van der Waals surface area (Å²) in [5.41, 5.74) is 6.41. The Morgan fingerprint density at radius 2 is 1.89 bits per heavy atom. The molecule has 0 unspecified atom stereocenters. The molecule has 2 aromatic carbocycles. The fourth-order valence-corrected chi connectivity index (χ4v) is 5.11. The third kappa shape index (κ3) is 3.19. The van der Waals surface area contributed by atoms with Gasteiger partial charge in [-0.05, 0) is 66.2 Å². The number of hydrogen-bond acceptors (Lipinski definition) is 3. The lowest BCUT2D eigenvalue weighted by Crippen LogP contribution is -2.38. The van der Waals surface area contributed by atoms with Crippen molar-refractivity contribution in [1.82, 2.24) is 4.90 Å². The second kappa shape index (κ2) is 7.47. The van der Waals surface area contributed by atoms with Crippen LogP contribution in [0.5, 0.6) is 0 Å². The zero-order valence-corrected chi connectivity index (χ0v) is 16.6. The smallest absolute Gasteiger partial charge is 0.337 e. The number of likely N-dealkylation sites (tertiary alicyclic amines) is 1. The number of carbonyl (C=O) groups excluding carboxylic acids is 1. The van der Waals surface area contributed by atoms with Crippen molar-refractivity contribution in [3.8, 4) is 0 Å². The van der Waals surface area contributed by atoms with E-state index in [4.69, 9.17) is 4.74 Å². The van der Waals surface area contributed by atoms with Crippen molar-refractivity contribution < 1.29 is 9.53 Å². The average Bonchev–Trinajstić information content (AvgIpc) is 3.05. The lowest BCUT2D eigenvalue weighted by Gasteiger charge is -2.37. The van der Waals surface area contributed by atoms with Crippen LogP contribution in [0.15, 0.2) is 42.5 Å². The van der Waals surface area contributed by atoms with Crippen molar-refractivity contribution in [2.45, 2.75) is 38.5 Å². The second-order valence-corrected chi connectivity index (χ2v) is 7.86. The van der Waals surface area contributed by atoms with Crippen molar-refractivity contribution in [2.75, 3.05) is 26.7 Å². The van der Waals surface area contributed by atoms with Gasteiger partial charge in [-0.1, -0.05) is 44.2 Å². The van der Waals surface area contributed by atoms with Gasteiger partial charge in [-0.3, -0.25) is 0 Å². The third-order valence-electron chi connectivity index (χ3n) is 6.61. The number of piperidine rings is 1. The second-order valence-electron chi connectivity index (χ2n) is 7.86. The Balaban J connectivity index is 1.74. The van der Waals surface area contributed by atoms with E-state index in [1.807, 2.05) is 12.1 Å². The van der Waals surface area contributed by atoms with Gasteiger partial charge in [0.15, 0.2) is 0 Å².